The lowest BCUT2D eigenvalue weighted by molar-refractivity contribution is -0.138. The number of rotatable bonds is 7. The highest BCUT2D eigenvalue weighted by Crippen LogP contribution is 2.37. The summed E-state index contributed by atoms with van der Waals surface area (Å²) in [6, 6.07) is 7.54. The Morgan fingerprint density at radius 2 is 1.89 bits per heavy atom. The van der Waals surface area contributed by atoms with Crippen LogP contribution in [0.5, 0.6) is 0 Å². The summed E-state index contributed by atoms with van der Waals surface area (Å²) in [7, 11) is -1.19. The molecule has 1 unspecified atom stereocenters. The first kappa shape index (κ1) is 20.6. The van der Waals surface area contributed by atoms with Gasteiger partial charge in [-0.15, -0.1) is 10.2 Å². The molecule has 1 aliphatic carbocycles. The maximum absolute atomic E-state index is 12.9. The average molecular weight is 422 g/mol. The van der Waals surface area contributed by atoms with Gasteiger partial charge in [0.15, 0.2) is 0 Å². The topological polar surface area (TPSA) is 100 Å². The zero-order valence-corrected chi connectivity index (χ0v) is 17.2. The summed E-state index contributed by atoms with van der Waals surface area (Å²) in [6.07, 6.45) is 5.58. The minimum absolute atomic E-state index is 0.0728. The number of aliphatic carboxylic acids is 1. The molecule has 9 heteroatoms. The van der Waals surface area contributed by atoms with Crippen molar-refractivity contribution in [2.24, 2.45) is 5.92 Å². The predicted molar refractivity (Wildman–Crippen MR) is 109 cm³/mol. The third-order valence-corrected chi connectivity index (χ3v) is 6.41. The highest BCUT2D eigenvalue weighted by atomic mass is 32.2. The molecule has 0 spiro atoms. The van der Waals surface area contributed by atoms with E-state index in [1.54, 1.807) is 18.4 Å². The smallest absolute Gasteiger partial charge is 0.303 e. The molecule has 1 aromatic carbocycles. The third-order valence-electron chi connectivity index (χ3n) is 5.07. The van der Waals surface area contributed by atoms with Crippen LogP contribution in [0.2, 0.25) is 0 Å². The number of aromatic nitrogens is 2. The van der Waals surface area contributed by atoms with Crippen LogP contribution in [0.15, 0.2) is 29.8 Å². The summed E-state index contributed by atoms with van der Waals surface area (Å²) in [4.78, 5) is 25.2. The zero-order valence-electron chi connectivity index (χ0n) is 15.6. The van der Waals surface area contributed by atoms with Crippen LogP contribution in [-0.4, -0.2) is 43.5 Å². The van der Waals surface area contributed by atoms with E-state index in [2.05, 4.69) is 10.2 Å². The molecule has 150 valence electrons. The second-order valence-electron chi connectivity index (χ2n) is 7.09. The zero-order chi connectivity index (χ0) is 20.1. The Labute approximate surface area is 170 Å². The molecule has 1 heterocycles. The van der Waals surface area contributed by atoms with E-state index in [0.717, 1.165) is 25.7 Å². The van der Waals surface area contributed by atoms with Gasteiger partial charge < -0.3 is 5.11 Å². The number of carboxylic acid groups (broad SMARTS) is 1. The van der Waals surface area contributed by atoms with Crippen molar-refractivity contribution in [3.63, 3.8) is 0 Å². The largest absolute Gasteiger partial charge is 0.481 e. The van der Waals surface area contributed by atoms with E-state index >= 15 is 0 Å². The minimum atomic E-state index is -1.19. The molecule has 28 heavy (non-hydrogen) atoms. The number of carbonyl (C=O) groups is 2. The summed E-state index contributed by atoms with van der Waals surface area (Å²) in [5, 5.41) is 17.1. The first-order chi connectivity index (χ1) is 13.4. The molecule has 1 aliphatic rings. The van der Waals surface area contributed by atoms with Crippen molar-refractivity contribution in [2.45, 2.75) is 38.0 Å². The van der Waals surface area contributed by atoms with Crippen molar-refractivity contribution in [1.82, 2.24) is 10.2 Å². The number of hydrogen-bond acceptors (Lipinski definition) is 6. The van der Waals surface area contributed by atoms with Gasteiger partial charge in [-0.25, -0.2) is 0 Å². The first-order valence-electron chi connectivity index (χ1n) is 9.14. The van der Waals surface area contributed by atoms with Crippen LogP contribution in [0.4, 0.5) is 5.13 Å². The molecule has 1 aromatic heterocycles. The normalized spacial score (nSPS) is 20.5. The predicted octanol–water partition coefficient (Wildman–Crippen LogP) is 3.27. The van der Waals surface area contributed by atoms with E-state index in [9.17, 15) is 13.8 Å². The molecule has 3 rings (SSSR count). The first-order valence-corrected chi connectivity index (χ1v) is 11.7. The van der Waals surface area contributed by atoms with Crippen molar-refractivity contribution in [1.29, 1.82) is 0 Å². The van der Waals surface area contributed by atoms with Crippen LogP contribution in [0, 0.1) is 5.92 Å². The molecule has 1 N–H and O–H groups in total. The van der Waals surface area contributed by atoms with Gasteiger partial charge >= 0.3 is 5.97 Å². The summed E-state index contributed by atoms with van der Waals surface area (Å²) in [5.41, 5.74) is 3.23. The number of anilines is 1. The van der Waals surface area contributed by atoms with Crippen LogP contribution >= 0.6 is 11.3 Å². The Morgan fingerprint density at radius 3 is 2.43 bits per heavy atom. The Bertz CT molecular complexity index is 831. The van der Waals surface area contributed by atoms with Gasteiger partial charge in [0.1, 0.15) is 11.4 Å². The van der Waals surface area contributed by atoms with E-state index in [0.29, 0.717) is 16.6 Å². The molecule has 2 aromatic rings. The lowest BCUT2D eigenvalue weighted by atomic mass is 9.77. The van der Waals surface area contributed by atoms with E-state index in [4.69, 9.17) is 5.11 Å². The van der Waals surface area contributed by atoms with Crippen LogP contribution in [0.25, 0.3) is 0 Å². The van der Waals surface area contributed by atoms with Crippen molar-refractivity contribution >= 4 is 39.1 Å². The summed E-state index contributed by atoms with van der Waals surface area (Å²) in [5.74, 6) is -0.229. The van der Waals surface area contributed by atoms with Crippen LogP contribution in [0.3, 0.4) is 0 Å². The summed E-state index contributed by atoms with van der Waals surface area (Å²) >= 11 is 1.23. The van der Waals surface area contributed by atoms with Gasteiger partial charge in [0.25, 0.3) is 5.91 Å². The summed E-state index contributed by atoms with van der Waals surface area (Å²) in [6.45, 7) is 0. The monoisotopic (exact) mass is 421 g/mol. The Balaban J connectivity index is 1.67. The Morgan fingerprint density at radius 1 is 1.21 bits per heavy atom. The number of nitrogens with zero attached hydrogens (tertiary/aromatic N) is 3. The lowest BCUT2D eigenvalue weighted by Crippen LogP contribution is -2.33. The van der Waals surface area contributed by atoms with Gasteiger partial charge in [0.2, 0.25) is 5.13 Å². The van der Waals surface area contributed by atoms with Crippen molar-refractivity contribution in [3.8, 4) is 0 Å². The molecule has 1 atom stereocenters. The molecule has 1 saturated carbocycles. The fourth-order valence-corrected chi connectivity index (χ4v) is 4.91. The van der Waals surface area contributed by atoms with Gasteiger partial charge in [-0.05, 0) is 55.2 Å². The standard InChI is InChI=1S/C19H23N3O4S2/c1-28(26)12-22(19-21-20-11-27-19)18(25)16-8-6-15(7-9-16)14-4-2-13(3-5-14)10-17(23)24/h6-9,11,13-14H,2-5,10,12H2,1H3,(H,23,24). The Hall–Kier alpha value is -2.13. The van der Waals surface area contributed by atoms with E-state index < -0.39 is 16.8 Å². The van der Waals surface area contributed by atoms with E-state index in [1.165, 1.54) is 27.3 Å². The van der Waals surface area contributed by atoms with Crippen molar-refractivity contribution in [3.05, 3.63) is 40.9 Å². The van der Waals surface area contributed by atoms with Crippen molar-refractivity contribution < 1.29 is 18.9 Å². The van der Waals surface area contributed by atoms with Crippen LogP contribution in [0.1, 0.15) is 53.9 Å². The van der Waals surface area contributed by atoms with Gasteiger partial charge in [-0.1, -0.05) is 23.5 Å². The molecule has 0 radical (unpaired) electrons. The minimum Gasteiger partial charge on any atom is -0.481 e. The quantitative estimate of drug-likeness (QED) is 0.736. The molecule has 0 aliphatic heterocycles. The molecule has 1 amide bonds. The van der Waals surface area contributed by atoms with Gasteiger partial charge in [0, 0.05) is 29.0 Å². The number of carboxylic acids is 1. The number of hydrogen-bond donors (Lipinski definition) is 1. The number of benzene rings is 1. The fourth-order valence-electron chi connectivity index (χ4n) is 3.67. The molecule has 7 nitrogen and oxygen atoms in total. The molecule has 0 bridgehead atoms. The molecule has 0 saturated heterocycles. The van der Waals surface area contributed by atoms with Crippen LogP contribution < -0.4 is 4.90 Å². The molecule has 1 fully saturated rings. The average Bonchev–Trinajstić information content (AvgIpc) is 3.20. The van der Waals surface area contributed by atoms with E-state index in [-0.39, 0.29) is 24.1 Å². The number of amides is 1. The van der Waals surface area contributed by atoms with E-state index in [1.807, 2.05) is 12.1 Å². The SMILES string of the molecule is CS(=O)CN(C(=O)c1ccc(C2CCC(CC(=O)O)CC2)cc1)c1nncs1. The van der Waals surface area contributed by atoms with Gasteiger partial charge in [-0.2, -0.15) is 0 Å². The lowest BCUT2D eigenvalue weighted by Gasteiger charge is -2.28. The highest BCUT2D eigenvalue weighted by molar-refractivity contribution is 7.84. The summed E-state index contributed by atoms with van der Waals surface area (Å²) < 4.78 is 11.7. The maximum atomic E-state index is 12.9. The van der Waals surface area contributed by atoms with Crippen LogP contribution in [-0.2, 0) is 15.6 Å². The van der Waals surface area contributed by atoms with Gasteiger partial charge in [-0.3, -0.25) is 18.7 Å². The fraction of sp³-hybridized carbons (Fsp3) is 0.474. The second-order valence-corrected chi connectivity index (χ2v) is 9.31. The molecular formula is C19H23N3O4S2. The second kappa shape index (κ2) is 9.38. The third kappa shape index (κ3) is 5.23. The molecular weight excluding hydrogens is 398 g/mol. The number of carbonyl (C=O) groups excluding carboxylic acids is 1. The van der Waals surface area contributed by atoms with Gasteiger partial charge in [0.05, 0.1) is 0 Å². The highest BCUT2D eigenvalue weighted by Gasteiger charge is 2.25. The maximum Gasteiger partial charge on any atom is 0.303 e. The Kier molecular flexibility index (Phi) is 6.90. The van der Waals surface area contributed by atoms with Crippen molar-refractivity contribution in [2.75, 3.05) is 17.0 Å².